The van der Waals surface area contributed by atoms with Crippen molar-refractivity contribution < 1.29 is 21.7 Å². The van der Waals surface area contributed by atoms with Gasteiger partial charge in [-0.25, -0.2) is 0 Å². The zero-order chi connectivity index (χ0) is 16.6. The molecule has 26 heavy (non-hydrogen) atoms. The van der Waals surface area contributed by atoms with E-state index >= 15 is 0 Å². The number of benzene rings is 2. The Bertz CT molecular complexity index is 676. The van der Waals surface area contributed by atoms with Gasteiger partial charge in [0.05, 0.1) is 0 Å². The first kappa shape index (κ1) is 32.4. The van der Waals surface area contributed by atoms with Crippen LogP contribution < -0.4 is 0 Å². The van der Waals surface area contributed by atoms with Crippen LogP contribution in [0.1, 0.15) is 20.8 Å². The predicted molar refractivity (Wildman–Crippen MR) is 120 cm³/mol. The van der Waals surface area contributed by atoms with Gasteiger partial charge in [-0.2, -0.15) is 0 Å². The van der Waals surface area contributed by atoms with Crippen LogP contribution in [0.2, 0.25) is 0 Å². The molecular weight excluding hydrogens is 366 g/mol. The van der Waals surface area contributed by atoms with Gasteiger partial charge in [0.25, 0.3) is 0 Å². The molecule has 0 unspecified atom stereocenters. The van der Waals surface area contributed by atoms with Gasteiger partial charge in [0.15, 0.2) is 0 Å². The van der Waals surface area contributed by atoms with Crippen molar-refractivity contribution in [2.24, 2.45) is 0 Å². The van der Waals surface area contributed by atoms with E-state index in [4.69, 9.17) is 5.73 Å². The second-order valence-electron chi connectivity index (χ2n) is 6.04. The van der Waals surface area contributed by atoms with Crippen LogP contribution in [0.3, 0.4) is 0 Å². The first-order chi connectivity index (χ1) is 10.4. The van der Waals surface area contributed by atoms with Crippen LogP contribution in [0.5, 0.6) is 0 Å². The fourth-order valence-electron chi connectivity index (χ4n) is 1.90. The predicted octanol–water partition coefficient (Wildman–Crippen LogP) is 7.42. The van der Waals surface area contributed by atoms with E-state index in [0.717, 1.165) is 0 Å². The summed E-state index contributed by atoms with van der Waals surface area (Å²) in [7, 11) is 0. The molecule has 0 saturated carbocycles. The SMILES string of the molecule is C=CC=C.CC(C)(C)[NH-].[CH3-].[CH3-].[Si].[Ti+4].c1ccc2c(c1)[cH-]c1ccccc12. The second-order valence-corrected chi connectivity index (χ2v) is 6.04. The summed E-state index contributed by atoms with van der Waals surface area (Å²) in [5.41, 5.74) is 6.69. The Morgan fingerprint density at radius 1 is 0.808 bits per heavy atom. The Hall–Kier alpha value is -1.32. The van der Waals surface area contributed by atoms with Gasteiger partial charge >= 0.3 is 21.7 Å². The number of fused-ring (bicyclic) bond motifs is 3. The van der Waals surface area contributed by atoms with Crippen molar-refractivity contribution in [3.63, 3.8) is 0 Å². The van der Waals surface area contributed by atoms with Gasteiger partial charge in [-0.1, -0.05) is 82.5 Å². The normalized spacial score (nSPS) is 8.62. The molecule has 136 valence electrons. The van der Waals surface area contributed by atoms with E-state index in [0.29, 0.717) is 0 Å². The summed E-state index contributed by atoms with van der Waals surface area (Å²) in [6.45, 7) is 12.3. The van der Waals surface area contributed by atoms with E-state index in [1.807, 2.05) is 20.8 Å². The van der Waals surface area contributed by atoms with Gasteiger partial charge in [0.2, 0.25) is 0 Å². The first-order valence-corrected chi connectivity index (χ1v) is 7.38. The molecule has 3 aromatic carbocycles. The Morgan fingerprint density at radius 3 is 1.35 bits per heavy atom. The summed E-state index contributed by atoms with van der Waals surface area (Å²) < 4.78 is 0. The maximum Gasteiger partial charge on any atom is 4.00 e. The third kappa shape index (κ3) is 12.1. The van der Waals surface area contributed by atoms with Crippen molar-refractivity contribution in [2.45, 2.75) is 26.3 Å². The van der Waals surface area contributed by atoms with E-state index in [9.17, 15) is 0 Å². The van der Waals surface area contributed by atoms with Crippen molar-refractivity contribution in [1.82, 2.24) is 0 Å². The molecule has 3 rings (SSSR count). The average Bonchev–Trinajstić information content (AvgIpc) is 2.84. The van der Waals surface area contributed by atoms with Crippen LogP contribution in [0.25, 0.3) is 27.3 Å². The molecule has 0 aliphatic heterocycles. The minimum absolute atomic E-state index is 0. The third-order valence-corrected chi connectivity index (χ3v) is 2.69. The molecule has 0 aromatic heterocycles. The third-order valence-electron chi connectivity index (χ3n) is 2.69. The van der Waals surface area contributed by atoms with E-state index in [1.54, 1.807) is 12.2 Å². The molecule has 0 atom stereocenters. The van der Waals surface area contributed by atoms with Crippen LogP contribution in [0.15, 0.2) is 79.9 Å². The van der Waals surface area contributed by atoms with Crippen LogP contribution in [0.4, 0.5) is 0 Å². The van der Waals surface area contributed by atoms with Crippen molar-refractivity contribution >= 4 is 32.5 Å². The molecule has 0 aliphatic carbocycles. The van der Waals surface area contributed by atoms with Gasteiger partial charge in [-0.05, 0) is 0 Å². The van der Waals surface area contributed by atoms with E-state index in [1.165, 1.54) is 21.5 Å². The molecule has 0 amide bonds. The van der Waals surface area contributed by atoms with Crippen molar-refractivity contribution in [3.05, 3.63) is 100 Å². The summed E-state index contributed by atoms with van der Waals surface area (Å²) in [5.74, 6) is 0. The van der Waals surface area contributed by atoms with Gasteiger partial charge < -0.3 is 20.6 Å². The number of allylic oxidation sites excluding steroid dienone is 2. The summed E-state index contributed by atoms with van der Waals surface area (Å²) in [5, 5.41) is 5.39. The van der Waals surface area contributed by atoms with Crippen LogP contribution in [0, 0.1) is 14.9 Å². The topological polar surface area (TPSA) is 23.8 Å². The van der Waals surface area contributed by atoms with E-state index < -0.39 is 0 Å². The molecule has 0 bridgehead atoms. The van der Waals surface area contributed by atoms with Crippen molar-refractivity contribution in [1.29, 1.82) is 0 Å². The molecule has 0 spiro atoms. The summed E-state index contributed by atoms with van der Waals surface area (Å²) in [4.78, 5) is 0. The Morgan fingerprint density at radius 2 is 1.08 bits per heavy atom. The molecular formula is C23H31NSiTi. The number of rotatable bonds is 1. The van der Waals surface area contributed by atoms with E-state index in [-0.39, 0.29) is 53.1 Å². The zero-order valence-electron chi connectivity index (χ0n) is 16.8. The van der Waals surface area contributed by atoms with Gasteiger partial charge in [0, 0.05) is 11.0 Å². The molecule has 3 aromatic rings. The average molecular weight is 397 g/mol. The minimum Gasteiger partial charge on any atom is -0.673 e. The monoisotopic (exact) mass is 397 g/mol. The summed E-state index contributed by atoms with van der Waals surface area (Å²) in [6, 6.07) is 19.3. The van der Waals surface area contributed by atoms with Crippen LogP contribution >= 0.6 is 0 Å². The molecule has 1 N–H and O–H groups in total. The van der Waals surface area contributed by atoms with Crippen molar-refractivity contribution in [3.8, 4) is 0 Å². The molecule has 0 aliphatic rings. The standard InChI is InChI=1S/C13H9.C4H10N.C4H6.2CH3.Si.Ti/c1-3-7-12-10(5-1)9-11-6-2-4-8-13(11)12;1-4(2,3)5;1-3-4-2;;;;/h1-9H;5H,1-3H3;3-4H,1-2H2;2*1H3;;/q2*-1;;2*-1;;+4. The Labute approximate surface area is 180 Å². The van der Waals surface area contributed by atoms with E-state index in [2.05, 4.69) is 67.8 Å². The number of hydrogen-bond donors (Lipinski definition) is 0. The zero-order valence-corrected chi connectivity index (χ0v) is 19.3. The maximum absolute atomic E-state index is 6.94. The van der Waals surface area contributed by atoms with Gasteiger partial charge in [0.1, 0.15) is 0 Å². The first-order valence-electron chi connectivity index (χ1n) is 7.38. The molecule has 4 radical (unpaired) electrons. The van der Waals surface area contributed by atoms with Gasteiger partial charge in [-0.15, -0.1) is 45.3 Å². The fourth-order valence-corrected chi connectivity index (χ4v) is 1.90. The quantitative estimate of drug-likeness (QED) is 0.232. The molecule has 0 heterocycles. The second kappa shape index (κ2) is 15.9. The number of nitrogens with one attached hydrogen (secondary N) is 1. The molecule has 3 heteroatoms. The smallest absolute Gasteiger partial charge is 0.673 e. The van der Waals surface area contributed by atoms with Crippen LogP contribution in [-0.2, 0) is 21.7 Å². The minimum atomic E-state index is -0.250. The molecule has 0 saturated heterocycles. The van der Waals surface area contributed by atoms with Crippen molar-refractivity contribution in [2.75, 3.05) is 0 Å². The van der Waals surface area contributed by atoms with Crippen LogP contribution in [-0.4, -0.2) is 16.5 Å². The summed E-state index contributed by atoms with van der Waals surface area (Å²) in [6.07, 6.45) is 3.28. The van der Waals surface area contributed by atoms with Gasteiger partial charge in [-0.3, -0.25) is 0 Å². The fraction of sp³-hybridized carbons (Fsp3) is 0.174. The largest absolute Gasteiger partial charge is 4.00 e. The molecule has 1 nitrogen and oxygen atoms in total. The number of hydrogen-bond acceptors (Lipinski definition) is 0. The Kier molecular flexibility index (Phi) is 19.8. The summed E-state index contributed by atoms with van der Waals surface area (Å²) >= 11 is 0. The Balaban J connectivity index is -0.000000163. The maximum atomic E-state index is 6.94. The molecule has 0 fully saturated rings.